The molecule has 9 nitrogen and oxygen atoms in total. The summed E-state index contributed by atoms with van der Waals surface area (Å²) in [5, 5.41) is 15.3. The van der Waals surface area contributed by atoms with Crippen LogP contribution < -0.4 is 9.64 Å². The summed E-state index contributed by atoms with van der Waals surface area (Å²) in [7, 11) is 1.67. The van der Waals surface area contributed by atoms with E-state index in [-0.39, 0.29) is 5.69 Å². The Bertz CT molecular complexity index is 963. The van der Waals surface area contributed by atoms with Crippen molar-refractivity contribution in [1.29, 1.82) is 0 Å². The predicted octanol–water partition coefficient (Wildman–Crippen LogP) is 2.64. The summed E-state index contributed by atoms with van der Waals surface area (Å²) in [5.41, 5.74) is 2.02. The number of methoxy groups -OCH3 is 1. The minimum atomic E-state index is -0.415. The van der Waals surface area contributed by atoms with E-state index in [9.17, 15) is 10.1 Å². The van der Waals surface area contributed by atoms with Gasteiger partial charge in [-0.25, -0.2) is 9.67 Å². The number of anilines is 1. The van der Waals surface area contributed by atoms with Crippen LogP contribution in [0.2, 0.25) is 0 Å². The molecule has 0 aliphatic carbocycles. The zero-order chi connectivity index (χ0) is 20.2. The van der Waals surface area contributed by atoms with Gasteiger partial charge < -0.3 is 9.64 Å². The highest BCUT2D eigenvalue weighted by Crippen LogP contribution is 2.21. The van der Waals surface area contributed by atoms with Crippen LogP contribution in [0.25, 0.3) is 11.4 Å². The van der Waals surface area contributed by atoms with Crippen LogP contribution in [0.4, 0.5) is 11.4 Å². The SMILES string of the molecule is COc1ccc(N2CCN(Cn3cnc(-c4ccc([N+](=O)[O-])cc4)n3)CC2)cc1. The lowest BCUT2D eigenvalue weighted by Gasteiger charge is -2.35. The van der Waals surface area contributed by atoms with Crippen LogP contribution in [0.5, 0.6) is 5.75 Å². The molecule has 0 bridgehead atoms. The van der Waals surface area contributed by atoms with Crippen molar-refractivity contribution in [1.82, 2.24) is 19.7 Å². The molecule has 0 amide bonds. The average Bonchev–Trinajstić information content (AvgIpc) is 3.23. The van der Waals surface area contributed by atoms with E-state index in [0.717, 1.165) is 37.5 Å². The Hall–Kier alpha value is -3.46. The summed E-state index contributed by atoms with van der Waals surface area (Å²) in [6.45, 7) is 4.40. The number of aromatic nitrogens is 3. The molecule has 1 saturated heterocycles. The van der Waals surface area contributed by atoms with Crippen LogP contribution in [0, 0.1) is 10.1 Å². The number of ether oxygens (including phenoxy) is 1. The Labute approximate surface area is 168 Å². The van der Waals surface area contributed by atoms with E-state index >= 15 is 0 Å². The Morgan fingerprint density at radius 1 is 1.03 bits per heavy atom. The minimum absolute atomic E-state index is 0.0583. The Morgan fingerprint density at radius 2 is 1.72 bits per heavy atom. The Morgan fingerprint density at radius 3 is 2.34 bits per heavy atom. The Balaban J connectivity index is 1.33. The zero-order valence-corrected chi connectivity index (χ0v) is 16.1. The fourth-order valence-corrected chi connectivity index (χ4v) is 3.37. The second-order valence-electron chi connectivity index (χ2n) is 6.86. The van der Waals surface area contributed by atoms with Crippen LogP contribution in [0.3, 0.4) is 0 Å². The topological polar surface area (TPSA) is 89.6 Å². The summed E-state index contributed by atoms with van der Waals surface area (Å²) in [5.74, 6) is 1.43. The number of hydrogen-bond acceptors (Lipinski definition) is 7. The maximum atomic E-state index is 10.8. The fourth-order valence-electron chi connectivity index (χ4n) is 3.37. The molecule has 0 N–H and O–H groups in total. The van der Waals surface area contributed by atoms with Gasteiger partial charge in [-0.2, -0.15) is 0 Å². The van der Waals surface area contributed by atoms with Crippen molar-refractivity contribution in [3.05, 3.63) is 65.0 Å². The van der Waals surface area contributed by atoms with Gasteiger partial charge in [0.15, 0.2) is 5.82 Å². The molecular weight excluding hydrogens is 372 g/mol. The number of nitrogens with zero attached hydrogens (tertiary/aromatic N) is 6. The number of nitro benzene ring substituents is 1. The molecule has 29 heavy (non-hydrogen) atoms. The lowest BCUT2D eigenvalue weighted by molar-refractivity contribution is -0.384. The summed E-state index contributed by atoms with van der Waals surface area (Å²) in [6.07, 6.45) is 1.70. The summed E-state index contributed by atoms with van der Waals surface area (Å²) in [4.78, 5) is 19.4. The van der Waals surface area contributed by atoms with E-state index in [1.165, 1.54) is 17.8 Å². The van der Waals surface area contributed by atoms with Gasteiger partial charge in [0.2, 0.25) is 0 Å². The van der Waals surface area contributed by atoms with Crippen molar-refractivity contribution >= 4 is 11.4 Å². The molecule has 2 heterocycles. The molecule has 2 aromatic carbocycles. The summed E-state index contributed by atoms with van der Waals surface area (Å²) in [6, 6.07) is 14.4. The standard InChI is InChI=1S/C20H22N6O3/c1-29-19-8-6-17(7-9-19)24-12-10-23(11-13-24)15-25-14-21-20(22-25)16-2-4-18(5-3-16)26(27)28/h2-9,14H,10-13,15H2,1H3. The quantitative estimate of drug-likeness (QED) is 0.469. The monoisotopic (exact) mass is 394 g/mol. The average molecular weight is 394 g/mol. The third kappa shape index (κ3) is 4.35. The van der Waals surface area contributed by atoms with Crippen molar-refractivity contribution < 1.29 is 9.66 Å². The van der Waals surface area contributed by atoms with Crippen molar-refractivity contribution in [2.75, 3.05) is 38.2 Å². The molecule has 0 spiro atoms. The highest BCUT2D eigenvalue weighted by molar-refractivity contribution is 5.56. The van der Waals surface area contributed by atoms with E-state index < -0.39 is 4.92 Å². The van der Waals surface area contributed by atoms with Crippen molar-refractivity contribution in [2.24, 2.45) is 0 Å². The van der Waals surface area contributed by atoms with Crippen LogP contribution in [-0.4, -0.2) is 57.9 Å². The molecule has 0 radical (unpaired) electrons. The first-order valence-electron chi connectivity index (χ1n) is 9.38. The van der Waals surface area contributed by atoms with Crippen LogP contribution >= 0.6 is 0 Å². The second-order valence-corrected chi connectivity index (χ2v) is 6.86. The van der Waals surface area contributed by atoms with E-state index in [4.69, 9.17) is 4.74 Å². The first-order chi connectivity index (χ1) is 14.1. The van der Waals surface area contributed by atoms with Gasteiger partial charge in [-0.1, -0.05) is 0 Å². The second kappa shape index (κ2) is 8.27. The number of benzene rings is 2. The molecule has 1 aliphatic heterocycles. The van der Waals surface area contributed by atoms with Crippen molar-refractivity contribution in [3.8, 4) is 17.1 Å². The lowest BCUT2D eigenvalue weighted by atomic mass is 10.2. The fraction of sp³-hybridized carbons (Fsp3) is 0.300. The number of nitro groups is 1. The molecule has 150 valence electrons. The molecule has 0 unspecified atom stereocenters. The number of rotatable bonds is 6. The molecule has 1 aliphatic rings. The van der Waals surface area contributed by atoms with Gasteiger partial charge in [-0.3, -0.25) is 15.0 Å². The predicted molar refractivity (Wildman–Crippen MR) is 109 cm³/mol. The number of non-ortho nitro benzene ring substituents is 1. The van der Waals surface area contributed by atoms with Gasteiger partial charge in [0.05, 0.1) is 18.7 Å². The first kappa shape index (κ1) is 18.9. The molecule has 0 saturated carbocycles. The third-order valence-corrected chi connectivity index (χ3v) is 5.03. The van der Waals surface area contributed by atoms with Crippen LogP contribution in [-0.2, 0) is 6.67 Å². The number of piperazine rings is 1. The molecule has 4 rings (SSSR count). The minimum Gasteiger partial charge on any atom is -0.497 e. The molecular formula is C20H22N6O3. The van der Waals surface area contributed by atoms with Crippen LogP contribution in [0.1, 0.15) is 0 Å². The smallest absolute Gasteiger partial charge is 0.269 e. The normalized spacial score (nSPS) is 14.7. The lowest BCUT2D eigenvalue weighted by Crippen LogP contribution is -2.46. The molecule has 9 heteroatoms. The van der Waals surface area contributed by atoms with E-state index in [0.29, 0.717) is 12.5 Å². The molecule has 0 atom stereocenters. The van der Waals surface area contributed by atoms with Crippen molar-refractivity contribution in [2.45, 2.75) is 6.67 Å². The maximum absolute atomic E-state index is 10.8. The highest BCUT2D eigenvalue weighted by atomic mass is 16.6. The van der Waals surface area contributed by atoms with Gasteiger partial charge >= 0.3 is 0 Å². The van der Waals surface area contributed by atoms with Crippen LogP contribution in [0.15, 0.2) is 54.9 Å². The van der Waals surface area contributed by atoms with E-state index in [1.54, 1.807) is 30.3 Å². The third-order valence-electron chi connectivity index (χ3n) is 5.03. The maximum Gasteiger partial charge on any atom is 0.269 e. The highest BCUT2D eigenvalue weighted by Gasteiger charge is 2.18. The largest absolute Gasteiger partial charge is 0.497 e. The van der Waals surface area contributed by atoms with Gasteiger partial charge in [0.25, 0.3) is 5.69 Å². The molecule has 1 aromatic heterocycles. The van der Waals surface area contributed by atoms with E-state index in [2.05, 4.69) is 32.0 Å². The summed E-state index contributed by atoms with van der Waals surface area (Å²) >= 11 is 0. The molecule has 3 aromatic rings. The van der Waals surface area contributed by atoms with Gasteiger partial charge in [0.1, 0.15) is 12.1 Å². The van der Waals surface area contributed by atoms with Crippen molar-refractivity contribution in [3.63, 3.8) is 0 Å². The van der Waals surface area contributed by atoms with Gasteiger partial charge in [-0.05, 0) is 36.4 Å². The summed E-state index contributed by atoms with van der Waals surface area (Å²) < 4.78 is 7.02. The Kier molecular flexibility index (Phi) is 5.39. The van der Waals surface area contributed by atoms with Gasteiger partial charge in [-0.15, -0.1) is 5.10 Å². The zero-order valence-electron chi connectivity index (χ0n) is 16.1. The molecule has 1 fully saturated rings. The van der Waals surface area contributed by atoms with E-state index in [1.807, 2.05) is 12.1 Å². The number of hydrogen-bond donors (Lipinski definition) is 0. The first-order valence-corrected chi connectivity index (χ1v) is 9.38. The van der Waals surface area contributed by atoms with Gasteiger partial charge in [0, 0.05) is 49.6 Å².